The largest absolute Gasteiger partial charge is 0.324 e. The van der Waals surface area contributed by atoms with E-state index in [-0.39, 0.29) is 31.9 Å². The summed E-state index contributed by atoms with van der Waals surface area (Å²) in [7, 11) is -3.20. The monoisotopic (exact) mass is 232 g/mol. The predicted molar refractivity (Wildman–Crippen MR) is 51.2 cm³/mol. The maximum absolute atomic E-state index is 12.8. The smallest absolute Gasteiger partial charge is 0.211 e. The summed E-state index contributed by atoms with van der Waals surface area (Å²) in [5.74, 6) is 0. The minimum Gasteiger partial charge on any atom is -0.324 e. The molecule has 0 amide bonds. The molecule has 1 heterocycles. The molecule has 1 saturated heterocycles. The summed E-state index contributed by atoms with van der Waals surface area (Å²) in [5, 5.41) is 0. The number of sulfonamides is 1. The van der Waals surface area contributed by atoms with Crippen molar-refractivity contribution in [3.05, 3.63) is 0 Å². The Morgan fingerprint density at radius 1 is 1.54 bits per heavy atom. The Kier molecular flexibility index (Phi) is 4.58. The molecule has 2 atom stereocenters. The van der Waals surface area contributed by atoms with Crippen molar-refractivity contribution >= 4 is 22.4 Å². The third-order valence-electron chi connectivity index (χ3n) is 2.00. The van der Waals surface area contributed by atoms with Crippen LogP contribution in [0.5, 0.6) is 0 Å². The van der Waals surface area contributed by atoms with Crippen molar-refractivity contribution in [2.75, 3.05) is 19.3 Å². The fourth-order valence-corrected chi connectivity index (χ4v) is 2.10. The van der Waals surface area contributed by atoms with Gasteiger partial charge >= 0.3 is 0 Å². The van der Waals surface area contributed by atoms with E-state index in [4.69, 9.17) is 5.73 Å². The summed E-state index contributed by atoms with van der Waals surface area (Å²) >= 11 is 0. The topological polar surface area (TPSA) is 63.4 Å². The van der Waals surface area contributed by atoms with E-state index < -0.39 is 22.2 Å². The quantitative estimate of drug-likeness (QED) is 0.678. The molecular weight excluding hydrogens is 219 g/mol. The third kappa shape index (κ3) is 3.38. The number of nitrogens with two attached hydrogens (primary N) is 1. The summed E-state index contributed by atoms with van der Waals surface area (Å²) in [6.07, 6.45) is 0.245. The summed E-state index contributed by atoms with van der Waals surface area (Å²) in [6.45, 7) is 0.341. The number of rotatable bonds is 1. The Balaban J connectivity index is 0.00000144. The molecule has 0 saturated carbocycles. The molecule has 0 aliphatic carbocycles. The molecule has 0 radical (unpaired) electrons. The van der Waals surface area contributed by atoms with Crippen molar-refractivity contribution in [2.45, 2.75) is 18.6 Å². The van der Waals surface area contributed by atoms with Crippen molar-refractivity contribution in [2.24, 2.45) is 5.73 Å². The van der Waals surface area contributed by atoms with E-state index in [9.17, 15) is 12.8 Å². The lowest BCUT2D eigenvalue weighted by molar-refractivity contribution is 0.182. The Labute approximate surface area is 83.7 Å². The standard InChI is InChI=1S/C6H13FN2O2S.ClH/c1-12(10,11)9-3-2-5(7)6(8)4-9;/h5-6H,2-4,8H2,1H3;1H/t5-,6-;/m1./s1. The molecule has 0 unspecified atom stereocenters. The predicted octanol–water partition coefficient (Wildman–Crippen LogP) is -0.261. The van der Waals surface area contributed by atoms with Crippen LogP contribution in [0.4, 0.5) is 4.39 Å². The maximum Gasteiger partial charge on any atom is 0.211 e. The van der Waals surface area contributed by atoms with Gasteiger partial charge in [0.05, 0.1) is 6.26 Å². The van der Waals surface area contributed by atoms with Crippen molar-refractivity contribution in [3.63, 3.8) is 0 Å². The Morgan fingerprint density at radius 3 is 2.46 bits per heavy atom. The molecule has 0 bridgehead atoms. The molecule has 4 nitrogen and oxygen atoms in total. The third-order valence-corrected chi connectivity index (χ3v) is 3.27. The average Bonchev–Trinajstić information content (AvgIpc) is 1.92. The molecule has 1 aliphatic heterocycles. The minimum atomic E-state index is -3.20. The van der Waals surface area contributed by atoms with Crippen LogP contribution in [0.25, 0.3) is 0 Å². The zero-order chi connectivity index (χ0) is 9.35. The molecule has 2 N–H and O–H groups in total. The number of nitrogens with zero attached hydrogens (tertiary/aromatic N) is 1. The number of hydrogen-bond donors (Lipinski definition) is 1. The van der Waals surface area contributed by atoms with Gasteiger partial charge in [0, 0.05) is 19.1 Å². The summed E-state index contributed by atoms with van der Waals surface area (Å²) in [4.78, 5) is 0. The number of alkyl halides is 1. The van der Waals surface area contributed by atoms with Crippen LogP contribution >= 0.6 is 12.4 Å². The van der Waals surface area contributed by atoms with Crippen molar-refractivity contribution in [1.82, 2.24) is 4.31 Å². The summed E-state index contributed by atoms with van der Waals surface area (Å²) < 4.78 is 36.0. The number of hydrogen-bond acceptors (Lipinski definition) is 3. The summed E-state index contributed by atoms with van der Waals surface area (Å²) in [6, 6.07) is -0.673. The van der Waals surface area contributed by atoms with E-state index in [2.05, 4.69) is 0 Å². The maximum atomic E-state index is 12.8. The van der Waals surface area contributed by atoms with Crippen molar-refractivity contribution < 1.29 is 12.8 Å². The Morgan fingerprint density at radius 2 is 2.08 bits per heavy atom. The highest BCUT2D eigenvalue weighted by Crippen LogP contribution is 2.14. The SMILES string of the molecule is CS(=O)(=O)N1CC[C@@H](F)[C@H](N)C1.Cl. The highest BCUT2D eigenvalue weighted by atomic mass is 35.5. The molecular formula is C6H14ClFN2O2S. The van der Waals surface area contributed by atoms with E-state index in [1.165, 1.54) is 4.31 Å². The first-order chi connectivity index (χ1) is 5.41. The lowest BCUT2D eigenvalue weighted by atomic mass is 10.1. The second-order valence-electron chi connectivity index (χ2n) is 3.09. The van der Waals surface area contributed by atoms with E-state index in [0.717, 1.165) is 6.26 Å². The molecule has 1 rings (SSSR count). The summed E-state index contributed by atoms with van der Waals surface area (Å²) in [5.41, 5.74) is 5.38. The molecule has 1 fully saturated rings. The molecule has 0 aromatic rings. The number of halogens is 2. The fourth-order valence-electron chi connectivity index (χ4n) is 1.22. The van der Waals surface area contributed by atoms with Crippen LogP contribution in [0.2, 0.25) is 0 Å². The van der Waals surface area contributed by atoms with Gasteiger partial charge in [0.2, 0.25) is 10.0 Å². The molecule has 80 valence electrons. The van der Waals surface area contributed by atoms with Crippen LogP contribution in [0.1, 0.15) is 6.42 Å². The van der Waals surface area contributed by atoms with Gasteiger partial charge in [-0.2, -0.15) is 0 Å². The van der Waals surface area contributed by atoms with Gasteiger partial charge in [-0.25, -0.2) is 17.1 Å². The molecule has 0 spiro atoms. The van der Waals surface area contributed by atoms with Gasteiger partial charge in [-0.05, 0) is 6.42 Å². The van der Waals surface area contributed by atoms with E-state index in [1.807, 2.05) is 0 Å². The van der Waals surface area contributed by atoms with Crippen molar-refractivity contribution in [3.8, 4) is 0 Å². The van der Waals surface area contributed by atoms with Gasteiger partial charge in [-0.1, -0.05) is 0 Å². The normalized spacial score (nSPS) is 31.0. The molecule has 1 aliphatic rings. The van der Waals surface area contributed by atoms with Crippen LogP contribution in [0.3, 0.4) is 0 Å². The average molecular weight is 233 g/mol. The number of piperidine rings is 1. The molecule has 13 heavy (non-hydrogen) atoms. The lowest BCUT2D eigenvalue weighted by Crippen LogP contribution is -2.51. The fraction of sp³-hybridized carbons (Fsp3) is 1.00. The zero-order valence-corrected chi connectivity index (χ0v) is 8.94. The Bertz CT molecular complexity index is 259. The van der Waals surface area contributed by atoms with Crippen LogP contribution in [-0.4, -0.2) is 44.3 Å². The van der Waals surface area contributed by atoms with Crippen LogP contribution in [-0.2, 0) is 10.0 Å². The zero-order valence-electron chi connectivity index (χ0n) is 7.31. The highest BCUT2D eigenvalue weighted by molar-refractivity contribution is 7.88. The molecule has 0 aromatic heterocycles. The Hall–Kier alpha value is 0.0900. The van der Waals surface area contributed by atoms with Crippen LogP contribution < -0.4 is 5.73 Å². The first-order valence-corrected chi connectivity index (χ1v) is 5.61. The van der Waals surface area contributed by atoms with E-state index in [1.54, 1.807) is 0 Å². The minimum absolute atomic E-state index is 0. The van der Waals surface area contributed by atoms with Gasteiger partial charge in [0.25, 0.3) is 0 Å². The van der Waals surface area contributed by atoms with Crippen LogP contribution in [0, 0.1) is 0 Å². The second-order valence-corrected chi connectivity index (χ2v) is 5.07. The van der Waals surface area contributed by atoms with Gasteiger partial charge in [0.15, 0.2) is 0 Å². The van der Waals surface area contributed by atoms with Gasteiger partial charge in [-0.15, -0.1) is 12.4 Å². The van der Waals surface area contributed by atoms with E-state index in [0.29, 0.717) is 0 Å². The van der Waals surface area contributed by atoms with E-state index >= 15 is 0 Å². The van der Waals surface area contributed by atoms with Gasteiger partial charge in [0.1, 0.15) is 6.17 Å². The van der Waals surface area contributed by atoms with Crippen LogP contribution in [0.15, 0.2) is 0 Å². The second kappa shape index (κ2) is 4.54. The molecule has 0 aromatic carbocycles. The lowest BCUT2D eigenvalue weighted by Gasteiger charge is -2.31. The van der Waals surface area contributed by atoms with Gasteiger partial charge in [-0.3, -0.25) is 0 Å². The first-order valence-electron chi connectivity index (χ1n) is 3.76. The van der Waals surface area contributed by atoms with Gasteiger partial charge < -0.3 is 5.73 Å². The van der Waals surface area contributed by atoms with Crippen molar-refractivity contribution in [1.29, 1.82) is 0 Å². The molecule has 7 heteroatoms. The highest BCUT2D eigenvalue weighted by Gasteiger charge is 2.30. The first kappa shape index (κ1) is 13.1.